The molecule has 1 aliphatic carbocycles. The van der Waals surface area contributed by atoms with Crippen molar-refractivity contribution in [1.82, 2.24) is 0 Å². The minimum atomic E-state index is 0.264. The van der Waals surface area contributed by atoms with Crippen molar-refractivity contribution in [2.75, 3.05) is 6.61 Å². The zero-order valence-electron chi connectivity index (χ0n) is 20.7. The van der Waals surface area contributed by atoms with E-state index in [1.165, 1.54) is 65.0 Å². The lowest BCUT2D eigenvalue weighted by Gasteiger charge is -2.23. The fourth-order valence-corrected chi connectivity index (χ4v) is 7.56. The first-order valence-corrected chi connectivity index (χ1v) is 15.1. The van der Waals surface area contributed by atoms with Gasteiger partial charge in [0.1, 0.15) is 0 Å². The Balaban J connectivity index is 1.52. The maximum atomic E-state index is 6.46. The largest absolute Gasteiger partial charge is 0.480 e. The Morgan fingerprint density at radius 3 is 2.00 bits per heavy atom. The van der Waals surface area contributed by atoms with Crippen LogP contribution in [-0.4, -0.2) is 17.1 Å². The van der Waals surface area contributed by atoms with Crippen LogP contribution in [0.5, 0.6) is 0 Å². The van der Waals surface area contributed by atoms with Gasteiger partial charge in [-0.1, -0.05) is 72.9 Å². The number of hydrogen-bond donors (Lipinski definition) is 0. The maximum absolute atomic E-state index is 6.46. The molecule has 4 rings (SSSR count). The molecule has 0 atom stereocenters. The average Bonchev–Trinajstić information content (AvgIpc) is 2.87. The molecule has 1 aliphatic rings. The van der Waals surface area contributed by atoms with Gasteiger partial charge in [-0.25, -0.2) is 0 Å². The number of benzene rings is 3. The number of nitrogens with zero attached hydrogens (tertiary/aromatic N) is 1. The van der Waals surface area contributed by atoms with E-state index in [1.54, 1.807) is 0 Å². The molecule has 2 nitrogen and oxygen atoms in total. The van der Waals surface area contributed by atoms with Crippen LogP contribution in [0.3, 0.4) is 0 Å². The van der Waals surface area contributed by atoms with Crippen molar-refractivity contribution in [2.24, 2.45) is 10.3 Å². The van der Waals surface area contributed by atoms with Gasteiger partial charge in [-0.3, -0.25) is 0 Å². The van der Waals surface area contributed by atoms with E-state index >= 15 is 0 Å². The minimum absolute atomic E-state index is 0.264. The molecule has 0 spiro atoms. The third kappa shape index (κ3) is 9.29. The molecule has 0 unspecified atom stereocenters. The van der Waals surface area contributed by atoms with Gasteiger partial charge in [0.05, 0.1) is 11.2 Å². The number of thioether (sulfide) groups is 2. The van der Waals surface area contributed by atoms with E-state index in [0.717, 1.165) is 23.8 Å². The van der Waals surface area contributed by atoms with Gasteiger partial charge in [0.15, 0.2) is 5.90 Å². The maximum Gasteiger partial charge on any atom is 0.197 e. The molecule has 3 aromatic carbocycles. The molecule has 5 heteroatoms. The van der Waals surface area contributed by atoms with Gasteiger partial charge in [-0.15, -0.1) is 23.5 Å². The lowest BCUT2D eigenvalue weighted by atomic mass is 9.90. The summed E-state index contributed by atoms with van der Waals surface area (Å²) in [7, 11) is 0. The van der Waals surface area contributed by atoms with Crippen molar-refractivity contribution in [2.45, 2.75) is 71.6 Å². The van der Waals surface area contributed by atoms with Crippen LogP contribution >= 0.6 is 35.5 Å². The topological polar surface area (TPSA) is 21.6 Å². The third-order valence-electron chi connectivity index (χ3n) is 6.06. The molecule has 0 saturated heterocycles. The Morgan fingerprint density at radius 1 is 0.800 bits per heavy atom. The summed E-state index contributed by atoms with van der Waals surface area (Å²) in [5, 5.41) is 0. The number of rotatable bonds is 10. The van der Waals surface area contributed by atoms with Gasteiger partial charge in [-0.2, -0.15) is 4.40 Å². The number of ether oxygens (including phenoxy) is 1. The Kier molecular flexibility index (Phi) is 10.5. The lowest BCUT2D eigenvalue weighted by molar-refractivity contribution is 0.196. The van der Waals surface area contributed by atoms with Crippen LogP contribution in [0.1, 0.15) is 49.7 Å². The first-order valence-electron chi connectivity index (χ1n) is 12.5. The Bertz CT molecular complexity index is 1030. The van der Waals surface area contributed by atoms with Gasteiger partial charge >= 0.3 is 0 Å². The predicted octanol–water partition coefficient (Wildman–Crippen LogP) is 9.61. The molecular weight excluding hydrogens is 487 g/mol. The minimum Gasteiger partial charge on any atom is -0.480 e. The highest BCUT2D eigenvalue weighted by molar-refractivity contribution is 8.17. The Morgan fingerprint density at radius 2 is 1.40 bits per heavy atom. The summed E-state index contributed by atoms with van der Waals surface area (Å²) in [5.74, 6) is 1.51. The fourth-order valence-electron chi connectivity index (χ4n) is 4.21. The van der Waals surface area contributed by atoms with Crippen molar-refractivity contribution in [3.05, 3.63) is 90.0 Å². The van der Waals surface area contributed by atoms with Crippen molar-refractivity contribution >= 4 is 41.4 Å². The summed E-state index contributed by atoms with van der Waals surface area (Å²) >= 11 is 5.33. The predicted molar refractivity (Wildman–Crippen MR) is 155 cm³/mol. The molecule has 0 heterocycles. The third-order valence-corrected chi connectivity index (χ3v) is 9.33. The van der Waals surface area contributed by atoms with Crippen molar-refractivity contribution < 1.29 is 4.74 Å². The molecular formula is C30H35NOS3. The van der Waals surface area contributed by atoms with Gasteiger partial charge in [0.2, 0.25) is 0 Å². The summed E-state index contributed by atoms with van der Waals surface area (Å²) in [4.78, 5) is 3.72. The average molecular weight is 522 g/mol. The molecule has 0 N–H and O–H groups in total. The molecule has 35 heavy (non-hydrogen) atoms. The molecule has 0 amide bonds. The molecule has 0 radical (unpaired) electrons. The van der Waals surface area contributed by atoms with E-state index in [0.29, 0.717) is 5.92 Å². The van der Waals surface area contributed by atoms with E-state index in [9.17, 15) is 0 Å². The number of hydrogen-bond acceptors (Lipinski definition) is 5. The van der Waals surface area contributed by atoms with E-state index in [2.05, 4.69) is 86.6 Å². The lowest BCUT2D eigenvalue weighted by Crippen LogP contribution is -2.18. The normalized spacial score (nSPS) is 14.9. The van der Waals surface area contributed by atoms with Gasteiger partial charge < -0.3 is 4.74 Å². The van der Waals surface area contributed by atoms with Crippen molar-refractivity contribution in [1.29, 1.82) is 0 Å². The van der Waals surface area contributed by atoms with Gasteiger partial charge in [0.25, 0.3) is 0 Å². The van der Waals surface area contributed by atoms with Gasteiger partial charge in [-0.05, 0) is 69.0 Å². The van der Waals surface area contributed by atoms with Crippen LogP contribution in [0.15, 0.2) is 97.9 Å². The smallest absolute Gasteiger partial charge is 0.197 e. The molecule has 3 aromatic rings. The second-order valence-electron chi connectivity index (χ2n) is 9.21. The summed E-state index contributed by atoms with van der Waals surface area (Å²) in [6.07, 6.45) is 7.35. The molecule has 0 aliphatic heterocycles. The van der Waals surface area contributed by atoms with E-state index in [1.807, 2.05) is 29.6 Å². The Hall–Kier alpha value is -1.82. The van der Waals surface area contributed by atoms with Crippen LogP contribution in [0.2, 0.25) is 0 Å². The van der Waals surface area contributed by atoms with Crippen LogP contribution in [-0.2, 0) is 4.74 Å². The van der Waals surface area contributed by atoms with Crippen molar-refractivity contribution in [3.63, 3.8) is 0 Å². The zero-order valence-corrected chi connectivity index (χ0v) is 23.1. The van der Waals surface area contributed by atoms with Crippen LogP contribution in [0.25, 0.3) is 0 Å². The summed E-state index contributed by atoms with van der Waals surface area (Å²) < 4.78 is 11.6. The van der Waals surface area contributed by atoms with E-state index < -0.39 is 0 Å². The van der Waals surface area contributed by atoms with Gasteiger partial charge in [0, 0.05) is 33.1 Å². The summed E-state index contributed by atoms with van der Waals surface area (Å²) in [6, 6.07) is 27.9. The quantitative estimate of drug-likeness (QED) is 0.0870. The zero-order chi connectivity index (χ0) is 24.3. The van der Waals surface area contributed by atoms with Crippen LogP contribution in [0, 0.1) is 19.8 Å². The summed E-state index contributed by atoms with van der Waals surface area (Å²) in [6.45, 7) is 5.10. The monoisotopic (exact) mass is 521 g/mol. The van der Waals surface area contributed by atoms with E-state index in [-0.39, 0.29) is 4.58 Å². The number of aryl methyl sites for hydroxylation is 2. The standard InChI is InChI=1S/C30H35NOS3/c1-23-11-9-17-27(19-23)33-30(34-28-18-10-12-24(2)20-28)21-29(31-35-26-15-7-4-8-16-26)32-22-25-13-5-3-6-14-25/h4,7-12,15-20,25,30H,3,5-6,13-14,21-22H2,1-2H3/b31-29-. The van der Waals surface area contributed by atoms with E-state index in [4.69, 9.17) is 9.13 Å². The first kappa shape index (κ1) is 26.2. The molecule has 0 bridgehead atoms. The summed E-state index contributed by atoms with van der Waals surface area (Å²) in [5.41, 5.74) is 2.58. The SMILES string of the molecule is Cc1cccc(SC(C/C(=N/Sc2ccccc2)OCC2CCCCC2)Sc2cccc(C)c2)c1. The molecule has 184 valence electrons. The highest BCUT2D eigenvalue weighted by Crippen LogP contribution is 2.39. The van der Waals surface area contributed by atoms with Crippen LogP contribution in [0.4, 0.5) is 0 Å². The molecule has 1 saturated carbocycles. The molecule has 1 fully saturated rings. The fraction of sp³-hybridized carbons (Fsp3) is 0.367. The Labute approximate surface area is 223 Å². The highest BCUT2D eigenvalue weighted by Gasteiger charge is 2.20. The first-order chi connectivity index (χ1) is 17.1. The molecule has 0 aromatic heterocycles. The van der Waals surface area contributed by atoms with Crippen molar-refractivity contribution in [3.8, 4) is 0 Å². The second kappa shape index (κ2) is 14.1. The van der Waals surface area contributed by atoms with Crippen LogP contribution < -0.4 is 0 Å². The second-order valence-corrected chi connectivity index (χ2v) is 12.9. The highest BCUT2D eigenvalue weighted by atomic mass is 32.2.